The molecule has 0 aliphatic carbocycles. The first-order valence-electron chi connectivity index (χ1n) is 6.24. The number of nitrogens with two attached hydrogens (primary N) is 1. The molecule has 4 nitrogen and oxygen atoms in total. The Labute approximate surface area is 120 Å². The van der Waals surface area contributed by atoms with Crippen molar-refractivity contribution < 1.29 is 9.60 Å². The number of nitrogens with zero attached hydrogens (tertiary/aromatic N) is 2. The van der Waals surface area contributed by atoms with Gasteiger partial charge in [-0.2, -0.15) is 0 Å². The summed E-state index contributed by atoms with van der Waals surface area (Å²) in [6.45, 7) is 2.44. The van der Waals surface area contributed by atoms with Gasteiger partial charge < -0.3 is 10.9 Å². The van der Waals surface area contributed by atoms with Gasteiger partial charge in [0.1, 0.15) is 11.7 Å². The highest BCUT2D eigenvalue weighted by atomic mass is 79.9. The molecule has 0 spiro atoms. The zero-order chi connectivity index (χ0) is 13.8. The van der Waals surface area contributed by atoms with Gasteiger partial charge in [0.2, 0.25) is 0 Å². The van der Waals surface area contributed by atoms with E-state index in [1.807, 2.05) is 0 Å². The van der Waals surface area contributed by atoms with Crippen molar-refractivity contribution in [1.29, 1.82) is 0 Å². The molecule has 104 valence electrons. The van der Waals surface area contributed by atoms with Crippen LogP contribution in [0, 0.1) is 11.7 Å². The Hall–Kier alpha value is -1.14. The van der Waals surface area contributed by atoms with Crippen LogP contribution >= 0.6 is 15.9 Å². The molecule has 1 aromatic carbocycles. The number of piperidine rings is 1. The molecule has 2 rings (SSSR count). The molecule has 0 saturated carbocycles. The molecule has 0 aromatic heterocycles. The predicted molar refractivity (Wildman–Crippen MR) is 75.5 cm³/mol. The van der Waals surface area contributed by atoms with Crippen LogP contribution in [0.1, 0.15) is 18.4 Å². The fourth-order valence-electron chi connectivity index (χ4n) is 2.37. The minimum atomic E-state index is -0.218. The van der Waals surface area contributed by atoms with Crippen LogP contribution in [0.5, 0.6) is 0 Å². The molecule has 19 heavy (non-hydrogen) atoms. The molecule has 1 saturated heterocycles. The quantitative estimate of drug-likeness (QED) is 0.387. The first-order valence-corrected chi connectivity index (χ1v) is 7.03. The predicted octanol–water partition coefficient (Wildman–Crippen LogP) is 2.55. The number of amidine groups is 1. The Balaban J connectivity index is 1.94. The highest BCUT2D eigenvalue weighted by Crippen LogP contribution is 2.23. The topological polar surface area (TPSA) is 61.9 Å². The molecular formula is C13H17BrFN3O. The average Bonchev–Trinajstić information content (AvgIpc) is 2.43. The molecule has 1 aliphatic rings. The molecule has 3 N–H and O–H groups in total. The van der Waals surface area contributed by atoms with Crippen LogP contribution in [0.15, 0.2) is 27.8 Å². The van der Waals surface area contributed by atoms with Gasteiger partial charge in [0, 0.05) is 16.9 Å². The summed E-state index contributed by atoms with van der Waals surface area (Å²) in [5.41, 5.74) is 6.56. The first kappa shape index (κ1) is 14.3. The normalized spacial score (nSPS) is 18.7. The van der Waals surface area contributed by atoms with Gasteiger partial charge in [0.25, 0.3) is 0 Å². The summed E-state index contributed by atoms with van der Waals surface area (Å²) < 4.78 is 14.1. The fraction of sp³-hybridized carbons (Fsp3) is 0.462. The molecule has 0 atom stereocenters. The summed E-state index contributed by atoms with van der Waals surface area (Å²) in [5, 5.41) is 11.7. The lowest BCUT2D eigenvalue weighted by molar-refractivity contribution is 0.198. The molecule has 0 amide bonds. The van der Waals surface area contributed by atoms with Crippen molar-refractivity contribution in [2.45, 2.75) is 19.4 Å². The van der Waals surface area contributed by atoms with Crippen LogP contribution in [-0.4, -0.2) is 29.0 Å². The fourth-order valence-corrected chi connectivity index (χ4v) is 2.75. The molecule has 1 aliphatic heterocycles. The molecular weight excluding hydrogens is 313 g/mol. The van der Waals surface area contributed by atoms with E-state index < -0.39 is 0 Å². The van der Waals surface area contributed by atoms with Crippen molar-refractivity contribution in [2.75, 3.05) is 13.1 Å². The van der Waals surface area contributed by atoms with Gasteiger partial charge >= 0.3 is 0 Å². The van der Waals surface area contributed by atoms with Gasteiger partial charge in [-0.05, 0) is 49.7 Å². The van der Waals surface area contributed by atoms with Crippen LogP contribution < -0.4 is 5.73 Å². The van der Waals surface area contributed by atoms with Crippen molar-refractivity contribution in [2.24, 2.45) is 16.8 Å². The van der Waals surface area contributed by atoms with Gasteiger partial charge in [-0.1, -0.05) is 21.1 Å². The van der Waals surface area contributed by atoms with E-state index in [9.17, 15) is 4.39 Å². The van der Waals surface area contributed by atoms with Crippen LogP contribution in [0.2, 0.25) is 0 Å². The van der Waals surface area contributed by atoms with Gasteiger partial charge in [-0.15, -0.1) is 0 Å². The third-order valence-corrected chi connectivity index (χ3v) is 4.30. The standard InChI is InChI=1S/C13H17BrFN3O/c14-12-2-1-11(15)7-10(12)8-18-5-3-9(4-6-18)13(16)17-19/h1-2,7,9,19H,3-6,8H2,(H2,16,17). The van der Waals surface area contributed by atoms with Crippen molar-refractivity contribution >= 4 is 21.8 Å². The molecule has 6 heteroatoms. The van der Waals surface area contributed by atoms with E-state index in [1.54, 1.807) is 12.1 Å². The van der Waals surface area contributed by atoms with E-state index in [0.717, 1.165) is 36.0 Å². The Morgan fingerprint density at radius 3 is 2.79 bits per heavy atom. The first-order chi connectivity index (χ1) is 9.10. The second kappa shape index (κ2) is 6.34. The Kier molecular flexibility index (Phi) is 4.76. The maximum atomic E-state index is 13.2. The highest BCUT2D eigenvalue weighted by Gasteiger charge is 2.22. The zero-order valence-corrected chi connectivity index (χ0v) is 12.1. The lowest BCUT2D eigenvalue weighted by atomic mass is 9.95. The SMILES string of the molecule is NC(=NO)C1CCN(Cc2cc(F)ccc2Br)CC1. The number of hydrogen-bond acceptors (Lipinski definition) is 3. The third-order valence-electron chi connectivity index (χ3n) is 3.52. The minimum absolute atomic E-state index is 0.150. The van der Waals surface area contributed by atoms with Gasteiger partial charge in [0.15, 0.2) is 0 Å². The van der Waals surface area contributed by atoms with E-state index in [0.29, 0.717) is 12.4 Å². The van der Waals surface area contributed by atoms with Crippen LogP contribution in [0.4, 0.5) is 4.39 Å². The van der Waals surface area contributed by atoms with Crippen LogP contribution in [0.3, 0.4) is 0 Å². The summed E-state index contributed by atoms with van der Waals surface area (Å²) >= 11 is 3.44. The van der Waals surface area contributed by atoms with E-state index in [4.69, 9.17) is 10.9 Å². The lowest BCUT2D eigenvalue weighted by Gasteiger charge is -2.31. The van der Waals surface area contributed by atoms with E-state index in [-0.39, 0.29) is 11.7 Å². The molecule has 1 aromatic rings. The number of halogens is 2. The largest absolute Gasteiger partial charge is 0.409 e. The van der Waals surface area contributed by atoms with Gasteiger partial charge in [-0.25, -0.2) is 4.39 Å². The van der Waals surface area contributed by atoms with E-state index in [2.05, 4.69) is 26.0 Å². The van der Waals surface area contributed by atoms with Crippen LogP contribution in [-0.2, 0) is 6.54 Å². The third kappa shape index (κ3) is 3.67. The van der Waals surface area contributed by atoms with Crippen molar-refractivity contribution in [3.05, 3.63) is 34.1 Å². The average molecular weight is 330 g/mol. The van der Waals surface area contributed by atoms with Gasteiger partial charge in [0.05, 0.1) is 0 Å². The molecule has 0 unspecified atom stereocenters. The van der Waals surface area contributed by atoms with Crippen molar-refractivity contribution in [3.63, 3.8) is 0 Å². The summed E-state index contributed by atoms with van der Waals surface area (Å²) in [6, 6.07) is 4.73. The maximum absolute atomic E-state index is 13.2. The smallest absolute Gasteiger partial charge is 0.142 e. The number of likely N-dealkylation sites (tertiary alicyclic amines) is 1. The van der Waals surface area contributed by atoms with Crippen molar-refractivity contribution in [3.8, 4) is 0 Å². The molecule has 0 bridgehead atoms. The second-order valence-electron chi connectivity index (χ2n) is 4.81. The van der Waals surface area contributed by atoms with Crippen molar-refractivity contribution in [1.82, 2.24) is 4.90 Å². The molecule has 1 heterocycles. The Morgan fingerprint density at radius 1 is 1.47 bits per heavy atom. The highest BCUT2D eigenvalue weighted by molar-refractivity contribution is 9.10. The number of oxime groups is 1. The molecule has 0 radical (unpaired) electrons. The van der Waals surface area contributed by atoms with E-state index in [1.165, 1.54) is 6.07 Å². The minimum Gasteiger partial charge on any atom is -0.409 e. The Morgan fingerprint density at radius 2 is 2.16 bits per heavy atom. The molecule has 1 fully saturated rings. The summed E-state index contributed by atoms with van der Waals surface area (Å²) in [7, 11) is 0. The second-order valence-corrected chi connectivity index (χ2v) is 5.67. The summed E-state index contributed by atoms with van der Waals surface area (Å²) in [4.78, 5) is 2.25. The number of rotatable bonds is 3. The maximum Gasteiger partial charge on any atom is 0.142 e. The summed E-state index contributed by atoms with van der Waals surface area (Å²) in [6.07, 6.45) is 1.73. The monoisotopic (exact) mass is 329 g/mol. The Bertz CT molecular complexity index is 473. The zero-order valence-electron chi connectivity index (χ0n) is 10.5. The number of benzene rings is 1. The van der Waals surface area contributed by atoms with E-state index >= 15 is 0 Å². The number of hydrogen-bond donors (Lipinski definition) is 2. The van der Waals surface area contributed by atoms with Gasteiger partial charge in [-0.3, -0.25) is 4.90 Å². The summed E-state index contributed by atoms with van der Waals surface area (Å²) in [5.74, 6) is 0.244. The lowest BCUT2D eigenvalue weighted by Crippen LogP contribution is -2.38. The van der Waals surface area contributed by atoms with Crippen LogP contribution in [0.25, 0.3) is 0 Å².